The number of non-ortho nitro benzene ring substituents is 1. The minimum Gasteiger partial charge on any atom is -0.480 e. The maximum atomic E-state index is 13.2. The van der Waals surface area contributed by atoms with Gasteiger partial charge in [-0.15, -0.1) is 0 Å². The van der Waals surface area contributed by atoms with Crippen LogP contribution in [0.5, 0.6) is 0 Å². The second-order valence-corrected chi connectivity index (χ2v) is 9.17. The zero-order valence-electron chi connectivity index (χ0n) is 19.8. The maximum absolute atomic E-state index is 13.2. The molecule has 2 unspecified atom stereocenters. The van der Waals surface area contributed by atoms with Crippen molar-refractivity contribution in [2.45, 2.75) is 31.5 Å². The lowest BCUT2D eigenvalue weighted by atomic mass is 10.0. The lowest BCUT2D eigenvalue weighted by Crippen LogP contribution is -2.53. The van der Waals surface area contributed by atoms with Crippen LogP contribution in [0.3, 0.4) is 0 Å². The second-order valence-electron chi connectivity index (χ2n) is 8.26. The molecule has 0 aromatic heterocycles. The van der Waals surface area contributed by atoms with Crippen molar-refractivity contribution in [3.05, 3.63) is 110 Å². The van der Waals surface area contributed by atoms with Gasteiger partial charge in [-0.2, -0.15) is 0 Å². The second kappa shape index (κ2) is 13.3. The number of amides is 2. The number of ether oxygens (including phenoxy) is 1. The maximum Gasteiger partial charge on any atom is 0.408 e. The zero-order valence-corrected chi connectivity index (χ0v) is 21.4. The van der Waals surface area contributed by atoms with E-state index in [1.807, 2.05) is 0 Å². The number of halogens is 2. The highest BCUT2D eigenvalue weighted by Crippen LogP contribution is 2.15. The summed E-state index contributed by atoms with van der Waals surface area (Å²) in [5.74, 6) is -2.62. The molecule has 0 radical (unpaired) electrons. The number of benzene rings is 3. The molecule has 0 aliphatic carbocycles. The van der Waals surface area contributed by atoms with E-state index in [4.69, 9.17) is 4.74 Å². The Hall–Kier alpha value is -4.32. The number of hydrogen-bond acceptors (Lipinski definition) is 6. The topological polar surface area (TPSA) is 148 Å². The molecule has 0 bridgehead atoms. The van der Waals surface area contributed by atoms with Crippen molar-refractivity contribution in [3.8, 4) is 0 Å². The fourth-order valence-corrected chi connectivity index (χ4v) is 3.71. The average molecular weight is 588 g/mol. The molecule has 0 heterocycles. The molecule has 0 fully saturated rings. The fourth-order valence-electron chi connectivity index (χ4n) is 3.44. The molecule has 0 saturated heterocycles. The molecule has 2 atom stereocenters. The number of carboxylic acid groups (broad SMARTS) is 1. The smallest absolute Gasteiger partial charge is 0.408 e. The van der Waals surface area contributed by atoms with E-state index in [1.165, 1.54) is 48.5 Å². The number of rotatable bonds is 11. The summed E-state index contributed by atoms with van der Waals surface area (Å²) in [6, 6.07) is 14.9. The standard InChI is InChI=1S/C26H23BrFN3O7/c27-19-7-1-18(2-8-19)15-38-26(35)30-22(13-17-5-11-21(12-6-17)31(36)37)24(32)29-23(25(33)34)14-16-3-9-20(28)10-4-16/h1-12,22-23H,13-15H2,(H,29,32)(H,30,35)(H,33,34). The van der Waals surface area contributed by atoms with E-state index in [0.29, 0.717) is 16.7 Å². The van der Waals surface area contributed by atoms with Crippen LogP contribution in [-0.4, -0.2) is 40.1 Å². The van der Waals surface area contributed by atoms with E-state index in [-0.39, 0.29) is 25.1 Å². The summed E-state index contributed by atoms with van der Waals surface area (Å²) in [5.41, 5.74) is 1.51. The molecular formula is C26H23BrFN3O7. The largest absolute Gasteiger partial charge is 0.480 e. The molecule has 3 aromatic carbocycles. The van der Waals surface area contributed by atoms with Crippen LogP contribution < -0.4 is 10.6 Å². The van der Waals surface area contributed by atoms with E-state index in [0.717, 1.165) is 4.47 Å². The first-order valence-corrected chi connectivity index (χ1v) is 12.1. The van der Waals surface area contributed by atoms with Gasteiger partial charge in [0.2, 0.25) is 5.91 Å². The van der Waals surface area contributed by atoms with E-state index >= 15 is 0 Å². The van der Waals surface area contributed by atoms with E-state index in [9.17, 15) is 34.0 Å². The van der Waals surface area contributed by atoms with E-state index in [1.54, 1.807) is 24.3 Å². The lowest BCUT2D eigenvalue weighted by molar-refractivity contribution is -0.384. The van der Waals surface area contributed by atoms with Crippen LogP contribution in [0.15, 0.2) is 77.3 Å². The lowest BCUT2D eigenvalue weighted by Gasteiger charge is -2.21. The van der Waals surface area contributed by atoms with Gasteiger partial charge in [-0.05, 0) is 41.0 Å². The van der Waals surface area contributed by atoms with Crippen LogP contribution in [-0.2, 0) is 33.8 Å². The molecule has 2 amide bonds. The monoisotopic (exact) mass is 587 g/mol. The summed E-state index contributed by atoms with van der Waals surface area (Å²) >= 11 is 3.31. The van der Waals surface area contributed by atoms with Gasteiger partial charge < -0.3 is 20.5 Å². The Morgan fingerprint density at radius 3 is 1.95 bits per heavy atom. The van der Waals surface area contributed by atoms with Gasteiger partial charge in [0.15, 0.2) is 0 Å². The predicted molar refractivity (Wildman–Crippen MR) is 138 cm³/mol. The highest BCUT2D eigenvalue weighted by Gasteiger charge is 2.28. The van der Waals surface area contributed by atoms with Crippen molar-refractivity contribution in [3.63, 3.8) is 0 Å². The third-order valence-corrected chi connectivity index (χ3v) is 5.98. The molecular weight excluding hydrogens is 565 g/mol. The molecule has 0 aliphatic heterocycles. The Morgan fingerprint density at radius 2 is 1.39 bits per heavy atom. The summed E-state index contributed by atoms with van der Waals surface area (Å²) < 4.78 is 19.3. The molecule has 0 saturated carbocycles. The summed E-state index contributed by atoms with van der Waals surface area (Å²) in [6.07, 6.45) is -1.14. The molecule has 0 aliphatic rings. The Morgan fingerprint density at radius 1 is 0.868 bits per heavy atom. The van der Waals surface area contributed by atoms with Crippen LogP contribution in [0.4, 0.5) is 14.9 Å². The molecule has 3 N–H and O–H groups in total. The summed E-state index contributed by atoms with van der Waals surface area (Å²) in [6.45, 7) is -0.0761. The zero-order chi connectivity index (χ0) is 27.7. The van der Waals surface area contributed by atoms with Crippen molar-refractivity contribution in [2.24, 2.45) is 0 Å². The van der Waals surface area contributed by atoms with Gasteiger partial charge in [-0.1, -0.05) is 52.3 Å². The first-order valence-electron chi connectivity index (χ1n) is 11.3. The summed E-state index contributed by atoms with van der Waals surface area (Å²) in [7, 11) is 0. The van der Waals surface area contributed by atoms with Crippen molar-refractivity contribution in [2.75, 3.05) is 0 Å². The number of carboxylic acids is 1. The first-order chi connectivity index (χ1) is 18.1. The summed E-state index contributed by atoms with van der Waals surface area (Å²) in [5, 5.41) is 25.4. The minimum absolute atomic E-state index is 0.0761. The highest BCUT2D eigenvalue weighted by molar-refractivity contribution is 9.10. The number of aliphatic carboxylic acids is 1. The Kier molecular flexibility index (Phi) is 9.88. The van der Waals surface area contributed by atoms with Gasteiger partial charge in [0.25, 0.3) is 5.69 Å². The van der Waals surface area contributed by atoms with Gasteiger partial charge >= 0.3 is 12.1 Å². The molecule has 10 nitrogen and oxygen atoms in total. The molecule has 198 valence electrons. The van der Waals surface area contributed by atoms with Crippen LogP contribution in [0.25, 0.3) is 0 Å². The third-order valence-electron chi connectivity index (χ3n) is 5.45. The summed E-state index contributed by atoms with van der Waals surface area (Å²) in [4.78, 5) is 47.8. The number of carbonyl (C=O) groups is 3. The Labute approximate surface area is 225 Å². The number of alkyl carbamates (subject to hydrolysis) is 1. The SMILES string of the molecule is O=C(NC(Cc1ccc([N+](=O)[O-])cc1)C(=O)NC(Cc1ccc(F)cc1)C(=O)O)OCc1ccc(Br)cc1. The number of nitrogens with one attached hydrogen (secondary N) is 2. The van der Waals surface area contributed by atoms with Crippen LogP contribution in [0.1, 0.15) is 16.7 Å². The number of nitrogens with zero attached hydrogens (tertiary/aromatic N) is 1. The first kappa shape index (κ1) is 28.3. The number of hydrogen-bond donors (Lipinski definition) is 3. The van der Waals surface area contributed by atoms with Crippen molar-refractivity contribution in [1.82, 2.24) is 10.6 Å². The van der Waals surface area contributed by atoms with Gasteiger partial charge in [0.1, 0.15) is 24.5 Å². The minimum atomic E-state index is -1.37. The van der Waals surface area contributed by atoms with Gasteiger partial charge in [-0.25, -0.2) is 14.0 Å². The van der Waals surface area contributed by atoms with Crippen molar-refractivity contribution in [1.29, 1.82) is 0 Å². The Balaban J connectivity index is 1.73. The average Bonchev–Trinajstić information content (AvgIpc) is 2.89. The molecule has 0 spiro atoms. The molecule has 12 heteroatoms. The fraction of sp³-hybridized carbons (Fsp3) is 0.192. The molecule has 38 heavy (non-hydrogen) atoms. The van der Waals surface area contributed by atoms with E-state index in [2.05, 4.69) is 26.6 Å². The van der Waals surface area contributed by atoms with Crippen LogP contribution in [0.2, 0.25) is 0 Å². The van der Waals surface area contributed by atoms with Gasteiger partial charge in [-0.3, -0.25) is 14.9 Å². The molecule has 3 aromatic rings. The Bertz CT molecular complexity index is 1290. The van der Waals surface area contributed by atoms with Gasteiger partial charge in [0, 0.05) is 29.4 Å². The number of carbonyl (C=O) groups excluding carboxylic acids is 2. The van der Waals surface area contributed by atoms with E-state index < -0.39 is 40.8 Å². The van der Waals surface area contributed by atoms with Crippen molar-refractivity contribution < 1.29 is 33.5 Å². The third kappa shape index (κ3) is 8.66. The number of nitro benzene ring substituents is 1. The molecule has 3 rings (SSSR count). The van der Waals surface area contributed by atoms with Crippen molar-refractivity contribution >= 4 is 39.6 Å². The van der Waals surface area contributed by atoms with Gasteiger partial charge in [0.05, 0.1) is 4.92 Å². The number of nitro groups is 1. The normalized spacial score (nSPS) is 12.2. The van der Waals surface area contributed by atoms with Crippen LogP contribution in [0, 0.1) is 15.9 Å². The quantitative estimate of drug-likeness (QED) is 0.225. The highest BCUT2D eigenvalue weighted by atomic mass is 79.9. The predicted octanol–water partition coefficient (Wildman–Crippen LogP) is 4.15. The van der Waals surface area contributed by atoms with Crippen LogP contribution >= 0.6 is 15.9 Å².